The highest BCUT2D eigenvalue weighted by molar-refractivity contribution is 6.31. The van der Waals surface area contributed by atoms with Gasteiger partial charge in [0.25, 0.3) is 0 Å². The lowest BCUT2D eigenvalue weighted by atomic mass is 9.86. The highest BCUT2D eigenvalue weighted by Crippen LogP contribution is 2.30. The Kier molecular flexibility index (Phi) is 4.00. The lowest BCUT2D eigenvalue weighted by Crippen LogP contribution is -2.24. The summed E-state index contributed by atoms with van der Waals surface area (Å²) in [5.41, 5.74) is 7.56. The minimum absolute atomic E-state index is 0.0570. The Morgan fingerprint density at radius 2 is 1.88 bits per heavy atom. The van der Waals surface area contributed by atoms with E-state index in [0.29, 0.717) is 10.6 Å². The Hall–Kier alpha value is -0.570. The van der Waals surface area contributed by atoms with Crippen molar-refractivity contribution in [1.82, 2.24) is 0 Å². The van der Waals surface area contributed by atoms with Crippen LogP contribution in [0.4, 0.5) is 0 Å². The van der Waals surface area contributed by atoms with Crippen molar-refractivity contribution < 1.29 is 5.11 Å². The minimum Gasteiger partial charge on any atom is -0.387 e. The molecule has 0 aromatic heterocycles. The zero-order chi connectivity index (χ0) is 12.5. The third-order valence-electron chi connectivity index (χ3n) is 2.68. The molecule has 1 aromatic carbocycles. The van der Waals surface area contributed by atoms with Crippen LogP contribution in [0.5, 0.6) is 0 Å². The van der Waals surface area contributed by atoms with Gasteiger partial charge in [-0.1, -0.05) is 44.5 Å². The summed E-state index contributed by atoms with van der Waals surface area (Å²) in [5.74, 6) is 0. The van der Waals surface area contributed by atoms with Crippen molar-refractivity contribution in [3.8, 4) is 0 Å². The molecule has 1 rings (SSSR count). The highest BCUT2D eigenvalue weighted by Gasteiger charge is 2.19. The van der Waals surface area contributed by atoms with Crippen LogP contribution in [0.1, 0.15) is 44.9 Å². The number of nitrogens with two attached hydrogens (primary N) is 1. The van der Waals surface area contributed by atoms with Crippen molar-refractivity contribution >= 4 is 11.6 Å². The fraction of sp³-hybridized carbons (Fsp3) is 0.538. The van der Waals surface area contributed by atoms with Crippen LogP contribution in [0, 0.1) is 0 Å². The van der Waals surface area contributed by atoms with Gasteiger partial charge in [0.1, 0.15) is 0 Å². The summed E-state index contributed by atoms with van der Waals surface area (Å²) in [5, 5.41) is 10.4. The minimum atomic E-state index is -0.707. The largest absolute Gasteiger partial charge is 0.387 e. The van der Waals surface area contributed by atoms with Crippen molar-refractivity contribution in [2.75, 3.05) is 0 Å². The quantitative estimate of drug-likeness (QED) is 0.836. The van der Waals surface area contributed by atoms with E-state index in [2.05, 4.69) is 20.8 Å². The van der Waals surface area contributed by atoms with Crippen molar-refractivity contribution in [3.63, 3.8) is 0 Å². The van der Waals surface area contributed by atoms with Crippen molar-refractivity contribution in [2.45, 2.75) is 45.3 Å². The lowest BCUT2D eigenvalue weighted by Gasteiger charge is -2.22. The molecule has 2 atom stereocenters. The maximum absolute atomic E-state index is 9.86. The zero-order valence-electron chi connectivity index (χ0n) is 10.3. The fourth-order valence-electron chi connectivity index (χ4n) is 1.52. The zero-order valence-corrected chi connectivity index (χ0v) is 11.0. The molecule has 0 heterocycles. The van der Waals surface area contributed by atoms with Gasteiger partial charge in [-0.2, -0.15) is 0 Å². The summed E-state index contributed by atoms with van der Waals surface area (Å²) in [6.45, 7) is 8.14. The van der Waals surface area contributed by atoms with Gasteiger partial charge >= 0.3 is 0 Å². The lowest BCUT2D eigenvalue weighted by molar-refractivity contribution is 0.153. The summed E-state index contributed by atoms with van der Waals surface area (Å²) in [6.07, 6.45) is -0.707. The van der Waals surface area contributed by atoms with Crippen molar-refractivity contribution in [2.24, 2.45) is 5.73 Å². The van der Waals surface area contributed by atoms with Gasteiger partial charge in [-0.3, -0.25) is 0 Å². The molecule has 0 spiro atoms. The second-order valence-electron chi connectivity index (χ2n) is 5.29. The molecule has 16 heavy (non-hydrogen) atoms. The predicted octanol–water partition coefficient (Wildman–Crippen LogP) is 3.02. The molecular formula is C13H20ClNO. The molecular weight excluding hydrogens is 222 g/mol. The number of aliphatic hydroxyl groups excluding tert-OH is 1. The molecule has 90 valence electrons. The molecule has 0 aliphatic rings. The molecule has 0 radical (unpaired) electrons. The summed E-state index contributed by atoms with van der Waals surface area (Å²) in [7, 11) is 0. The Balaban J connectivity index is 3.10. The maximum atomic E-state index is 9.86. The highest BCUT2D eigenvalue weighted by atomic mass is 35.5. The average Bonchev–Trinajstić information content (AvgIpc) is 2.15. The van der Waals surface area contributed by atoms with Crippen LogP contribution < -0.4 is 5.73 Å². The Morgan fingerprint density at radius 3 is 2.25 bits per heavy atom. The molecule has 2 nitrogen and oxygen atoms in total. The van der Waals surface area contributed by atoms with E-state index in [1.54, 1.807) is 6.92 Å². The van der Waals surface area contributed by atoms with E-state index in [1.807, 2.05) is 18.2 Å². The van der Waals surface area contributed by atoms with Crippen molar-refractivity contribution in [3.05, 3.63) is 34.3 Å². The average molecular weight is 242 g/mol. The molecule has 0 unspecified atom stereocenters. The molecule has 3 heteroatoms. The third-order valence-corrected chi connectivity index (χ3v) is 3.01. The van der Waals surface area contributed by atoms with Gasteiger partial charge < -0.3 is 10.8 Å². The van der Waals surface area contributed by atoms with Crippen LogP contribution in [-0.4, -0.2) is 11.1 Å². The number of benzene rings is 1. The fourth-order valence-corrected chi connectivity index (χ4v) is 1.81. The second-order valence-corrected chi connectivity index (χ2v) is 5.70. The Bertz CT molecular complexity index is 369. The molecule has 1 aromatic rings. The monoisotopic (exact) mass is 241 g/mol. The van der Waals surface area contributed by atoms with Crippen LogP contribution in [0.3, 0.4) is 0 Å². The molecule has 0 aliphatic heterocycles. The van der Waals surface area contributed by atoms with Gasteiger partial charge in [-0.15, -0.1) is 0 Å². The summed E-state index contributed by atoms with van der Waals surface area (Å²) < 4.78 is 0. The maximum Gasteiger partial charge on any atom is 0.0952 e. The number of halogens is 1. The molecule has 0 fully saturated rings. The predicted molar refractivity (Wildman–Crippen MR) is 68.8 cm³/mol. The first-order valence-electron chi connectivity index (χ1n) is 5.47. The first-order chi connectivity index (χ1) is 7.23. The van der Waals surface area contributed by atoms with E-state index in [-0.39, 0.29) is 11.5 Å². The van der Waals surface area contributed by atoms with Crippen LogP contribution in [-0.2, 0) is 5.41 Å². The van der Waals surface area contributed by atoms with Gasteiger partial charge in [0.2, 0.25) is 0 Å². The van der Waals surface area contributed by atoms with E-state index < -0.39 is 6.10 Å². The van der Waals surface area contributed by atoms with Gasteiger partial charge in [-0.25, -0.2) is 0 Å². The number of rotatable bonds is 2. The van der Waals surface area contributed by atoms with Gasteiger partial charge in [0.05, 0.1) is 6.10 Å². The molecule has 0 bridgehead atoms. The molecule has 0 aliphatic carbocycles. The number of hydrogen-bond acceptors (Lipinski definition) is 2. The van der Waals surface area contributed by atoms with E-state index in [1.165, 1.54) is 0 Å². The summed E-state index contributed by atoms with van der Waals surface area (Å²) in [6, 6.07) is 5.43. The van der Waals surface area contributed by atoms with Crippen molar-refractivity contribution in [1.29, 1.82) is 0 Å². The smallest absolute Gasteiger partial charge is 0.0952 e. The molecule has 3 N–H and O–H groups in total. The van der Waals surface area contributed by atoms with Crippen LogP contribution >= 0.6 is 11.6 Å². The first-order valence-corrected chi connectivity index (χ1v) is 5.85. The Labute approximate surface area is 102 Å². The number of aliphatic hydroxyl groups is 1. The van der Waals surface area contributed by atoms with E-state index in [4.69, 9.17) is 17.3 Å². The van der Waals surface area contributed by atoms with E-state index in [0.717, 1.165) is 5.56 Å². The third kappa shape index (κ3) is 2.97. The standard InChI is InChI=1S/C13H20ClNO/c1-8(15)12(16)10-6-5-9(7-11(10)14)13(2,3)4/h5-8,12,16H,15H2,1-4H3/t8-,12-/m1/s1. The van der Waals surface area contributed by atoms with Crippen LogP contribution in [0.2, 0.25) is 5.02 Å². The van der Waals surface area contributed by atoms with E-state index in [9.17, 15) is 5.11 Å². The van der Waals surface area contributed by atoms with Gasteiger partial charge in [0, 0.05) is 16.6 Å². The molecule has 0 amide bonds. The van der Waals surface area contributed by atoms with Crippen LogP contribution in [0.25, 0.3) is 0 Å². The number of hydrogen-bond donors (Lipinski definition) is 2. The second kappa shape index (κ2) is 4.74. The first kappa shape index (κ1) is 13.5. The van der Waals surface area contributed by atoms with Gasteiger partial charge in [-0.05, 0) is 24.0 Å². The summed E-state index contributed by atoms with van der Waals surface area (Å²) >= 11 is 6.16. The van der Waals surface area contributed by atoms with Gasteiger partial charge in [0.15, 0.2) is 0 Å². The SMILES string of the molecule is C[C@@H](N)[C@@H](O)c1ccc(C(C)(C)C)cc1Cl. The van der Waals surface area contributed by atoms with E-state index >= 15 is 0 Å². The normalized spacial score (nSPS) is 15.9. The summed E-state index contributed by atoms with van der Waals surface area (Å²) in [4.78, 5) is 0. The molecule has 0 saturated carbocycles. The topological polar surface area (TPSA) is 46.2 Å². The Morgan fingerprint density at radius 1 is 1.31 bits per heavy atom. The molecule has 0 saturated heterocycles. The van der Waals surface area contributed by atoms with Crippen LogP contribution in [0.15, 0.2) is 18.2 Å².